The quantitative estimate of drug-likeness (QED) is 0.858. The number of aromatic nitrogens is 2. The van der Waals surface area contributed by atoms with Gasteiger partial charge in [-0.25, -0.2) is 0 Å². The lowest BCUT2D eigenvalue weighted by Gasteiger charge is -2.25. The summed E-state index contributed by atoms with van der Waals surface area (Å²) in [6.07, 6.45) is 2.30. The minimum Gasteiger partial charge on any atom is -0.486 e. The van der Waals surface area contributed by atoms with Crippen molar-refractivity contribution in [2.24, 2.45) is 0 Å². The van der Waals surface area contributed by atoms with Crippen LogP contribution in [0.5, 0.6) is 11.5 Å². The van der Waals surface area contributed by atoms with E-state index in [4.69, 9.17) is 14.0 Å². The van der Waals surface area contributed by atoms with E-state index in [1.54, 1.807) is 0 Å². The highest BCUT2D eigenvalue weighted by Crippen LogP contribution is 2.38. The average molecular weight is 329 g/mol. The molecule has 1 saturated heterocycles. The van der Waals surface area contributed by atoms with Gasteiger partial charge in [-0.2, -0.15) is 4.98 Å². The van der Waals surface area contributed by atoms with Gasteiger partial charge in [0.2, 0.25) is 5.89 Å². The highest BCUT2D eigenvalue weighted by Gasteiger charge is 2.29. The third-order valence-corrected chi connectivity index (χ3v) is 4.65. The van der Waals surface area contributed by atoms with E-state index in [-0.39, 0.29) is 5.92 Å². The summed E-state index contributed by atoms with van der Waals surface area (Å²) in [6, 6.07) is 6.63. The fourth-order valence-electron chi connectivity index (χ4n) is 3.40. The monoisotopic (exact) mass is 329 g/mol. The smallest absolute Gasteiger partial charge is 0.240 e. The molecule has 128 valence electrons. The van der Waals surface area contributed by atoms with Gasteiger partial charge in [0.25, 0.3) is 0 Å². The largest absolute Gasteiger partial charge is 0.486 e. The van der Waals surface area contributed by atoms with Gasteiger partial charge in [0.1, 0.15) is 13.2 Å². The first-order valence-corrected chi connectivity index (χ1v) is 8.67. The second kappa shape index (κ2) is 6.43. The molecule has 2 aliphatic rings. The second-order valence-electron chi connectivity index (χ2n) is 6.73. The van der Waals surface area contributed by atoms with Gasteiger partial charge in [-0.1, -0.05) is 25.1 Å². The van der Waals surface area contributed by atoms with Crippen molar-refractivity contribution in [3.05, 3.63) is 35.5 Å². The van der Waals surface area contributed by atoms with E-state index in [1.807, 2.05) is 6.07 Å². The predicted octanol–water partition coefficient (Wildman–Crippen LogP) is 3.30. The van der Waals surface area contributed by atoms with Crippen molar-refractivity contribution in [3.63, 3.8) is 0 Å². The topological polar surface area (TPSA) is 60.6 Å². The molecule has 6 heteroatoms. The molecule has 1 fully saturated rings. The Balaban J connectivity index is 1.52. The van der Waals surface area contributed by atoms with Crippen molar-refractivity contribution in [2.75, 3.05) is 19.8 Å². The standard InChI is InChI=1S/C18H23N3O3/c1-12(2)18-19-17(24-20-18)11-21-7-3-4-14(21)13-5-6-15-16(10-13)23-9-8-22-15/h5-6,10,12,14H,3-4,7-9,11H2,1-2H3/t14-/m0/s1. The van der Waals surface area contributed by atoms with E-state index in [0.717, 1.165) is 30.3 Å². The van der Waals surface area contributed by atoms with Crippen LogP contribution < -0.4 is 9.47 Å². The molecule has 1 atom stereocenters. The summed E-state index contributed by atoms with van der Waals surface area (Å²) in [4.78, 5) is 6.91. The summed E-state index contributed by atoms with van der Waals surface area (Å²) in [5.74, 6) is 3.45. The van der Waals surface area contributed by atoms with E-state index >= 15 is 0 Å². The third kappa shape index (κ3) is 2.98. The third-order valence-electron chi connectivity index (χ3n) is 4.65. The second-order valence-corrected chi connectivity index (χ2v) is 6.73. The number of likely N-dealkylation sites (tertiary alicyclic amines) is 1. The summed E-state index contributed by atoms with van der Waals surface area (Å²) < 4.78 is 16.8. The van der Waals surface area contributed by atoms with Crippen LogP contribution in [0.2, 0.25) is 0 Å². The van der Waals surface area contributed by atoms with Gasteiger partial charge in [0.15, 0.2) is 17.3 Å². The summed E-state index contributed by atoms with van der Waals surface area (Å²) in [5, 5.41) is 4.06. The molecule has 0 bridgehead atoms. The molecule has 0 amide bonds. The Labute approximate surface area is 141 Å². The van der Waals surface area contributed by atoms with E-state index < -0.39 is 0 Å². The van der Waals surface area contributed by atoms with Crippen molar-refractivity contribution >= 4 is 0 Å². The molecule has 0 unspecified atom stereocenters. The fourth-order valence-corrected chi connectivity index (χ4v) is 3.40. The minimum absolute atomic E-state index is 0.287. The summed E-state index contributed by atoms with van der Waals surface area (Å²) >= 11 is 0. The number of benzene rings is 1. The number of fused-ring (bicyclic) bond motifs is 1. The van der Waals surface area contributed by atoms with Crippen LogP contribution in [0.3, 0.4) is 0 Å². The van der Waals surface area contributed by atoms with E-state index in [1.165, 1.54) is 12.0 Å². The fraction of sp³-hybridized carbons (Fsp3) is 0.556. The molecule has 0 aliphatic carbocycles. The normalized spacial score (nSPS) is 20.7. The summed E-state index contributed by atoms with van der Waals surface area (Å²) in [5.41, 5.74) is 1.26. The highest BCUT2D eigenvalue weighted by molar-refractivity contribution is 5.44. The number of nitrogens with zero attached hydrogens (tertiary/aromatic N) is 3. The van der Waals surface area contributed by atoms with Crippen LogP contribution in [0.4, 0.5) is 0 Å². The van der Waals surface area contributed by atoms with Gasteiger partial charge >= 0.3 is 0 Å². The molecule has 0 radical (unpaired) electrons. The van der Waals surface area contributed by atoms with Crippen molar-refractivity contribution in [3.8, 4) is 11.5 Å². The van der Waals surface area contributed by atoms with Crippen LogP contribution in [-0.2, 0) is 6.54 Å². The maximum Gasteiger partial charge on any atom is 0.240 e. The summed E-state index contributed by atoms with van der Waals surface area (Å²) in [6.45, 7) is 7.12. The van der Waals surface area contributed by atoms with Crippen molar-refractivity contribution < 1.29 is 14.0 Å². The molecule has 3 heterocycles. The number of rotatable bonds is 4. The van der Waals surface area contributed by atoms with E-state index in [2.05, 4.69) is 41.0 Å². The lowest BCUT2D eigenvalue weighted by Crippen LogP contribution is -2.23. The van der Waals surface area contributed by atoms with Crippen LogP contribution in [0.1, 0.15) is 55.9 Å². The van der Waals surface area contributed by atoms with Crippen LogP contribution in [0, 0.1) is 0 Å². The summed E-state index contributed by atoms with van der Waals surface area (Å²) in [7, 11) is 0. The molecular weight excluding hydrogens is 306 g/mol. The molecule has 0 N–H and O–H groups in total. The average Bonchev–Trinajstić information content (AvgIpc) is 3.24. The first-order valence-electron chi connectivity index (χ1n) is 8.67. The van der Waals surface area contributed by atoms with Crippen LogP contribution in [-0.4, -0.2) is 34.8 Å². The maximum atomic E-state index is 5.72. The first-order chi connectivity index (χ1) is 11.7. The zero-order valence-corrected chi connectivity index (χ0v) is 14.2. The van der Waals surface area contributed by atoms with Crippen LogP contribution in [0.15, 0.2) is 22.7 Å². The molecule has 6 nitrogen and oxygen atoms in total. The predicted molar refractivity (Wildman–Crippen MR) is 88.2 cm³/mol. The minimum atomic E-state index is 0.287. The number of hydrogen-bond donors (Lipinski definition) is 0. The van der Waals surface area contributed by atoms with E-state index in [9.17, 15) is 0 Å². The molecule has 24 heavy (non-hydrogen) atoms. The first kappa shape index (κ1) is 15.4. The zero-order chi connectivity index (χ0) is 16.5. The van der Waals surface area contributed by atoms with Crippen molar-refractivity contribution in [2.45, 2.75) is 45.2 Å². The SMILES string of the molecule is CC(C)c1noc(CN2CCC[C@H]2c2ccc3c(c2)OCCO3)n1. The Hall–Kier alpha value is -2.08. The Morgan fingerprint density at radius 3 is 2.83 bits per heavy atom. The van der Waals surface area contributed by atoms with Gasteiger partial charge in [-0.15, -0.1) is 0 Å². The van der Waals surface area contributed by atoms with Gasteiger partial charge < -0.3 is 14.0 Å². The van der Waals surface area contributed by atoms with Gasteiger partial charge in [0.05, 0.1) is 6.54 Å². The number of hydrogen-bond acceptors (Lipinski definition) is 6. The Morgan fingerprint density at radius 2 is 2.04 bits per heavy atom. The van der Waals surface area contributed by atoms with E-state index in [0.29, 0.717) is 31.7 Å². The number of ether oxygens (including phenoxy) is 2. The Bertz CT molecular complexity index is 713. The Morgan fingerprint density at radius 1 is 1.21 bits per heavy atom. The highest BCUT2D eigenvalue weighted by atomic mass is 16.6. The molecule has 1 aromatic heterocycles. The Kier molecular flexibility index (Phi) is 4.14. The lowest BCUT2D eigenvalue weighted by atomic mass is 10.0. The van der Waals surface area contributed by atoms with Gasteiger partial charge in [0, 0.05) is 12.0 Å². The van der Waals surface area contributed by atoms with Crippen molar-refractivity contribution in [1.82, 2.24) is 15.0 Å². The molecule has 0 saturated carbocycles. The zero-order valence-electron chi connectivity index (χ0n) is 14.2. The van der Waals surface area contributed by atoms with Gasteiger partial charge in [-0.3, -0.25) is 4.90 Å². The lowest BCUT2D eigenvalue weighted by molar-refractivity contribution is 0.170. The maximum absolute atomic E-state index is 5.72. The van der Waals surface area contributed by atoms with Crippen molar-refractivity contribution in [1.29, 1.82) is 0 Å². The van der Waals surface area contributed by atoms with Crippen LogP contribution in [0.25, 0.3) is 0 Å². The molecule has 2 aromatic rings. The molecule has 2 aliphatic heterocycles. The molecule has 4 rings (SSSR count). The van der Waals surface area contributed by atoms with Crippen LogP contribution >= 0.6 is 0 Å². The molecule has 0 spiro atoms. The molecular formula is C18H23N3O3. The van der Waals surface area contributed by atoms with Gasteiger partial charge in [-0.05, 0) is 37.1 Å². The molecule has 1 aromatic carbocycles.